The van der Waals surface area contributed by atoms with Crippen LogP contribution in [0, 0.1) is 5.92 Å². The van der Waals surface area contributed by atoms with Crippen LogP contribution in [0.1, 0.15) is 27.2 Å². The van der Waals surface area contributed by atoms with Gasteiger partial charge in [-0.25, -0.2) is 4.79 Å². The van der Waals surface area contributed by atoms with Gasteiger partial charge < -0.3 is 15.4 Å². The molecule has 72 valence electrons. The third kappa shape index (κ3) is 23.3. The van der Waals surface area contributed by atoms with Gasteiger partial charge in [0.15, 0.2) is 0 Å². The van der Waals surface area contributed by atoms with Crippen LogP contribution in [0.3, 0.4) is 0 Å². The van der Waals surface area contributed by atoms with Gasteiger partial charge in [0.25, 0.3) is 0 Å². The normalized spacial score (nSPS) is 10.5. The number of carboxylic acid groups (broad SMARTS) is 2. The van der Waals surface area contributed by atoms with Crippen molar-refractivity contribution in [1.82, 2.24) is 0 Å². The molecular weight excluding hydrogens is 162 g/mol. The van der Waals surface area contributed by atoms with E-state index in [1.54, 1.807) is 0 Å². The first-order valence-electron chi connectivity index (χ1n) is 3.49. The van der Waals surface area contributed by atoms with Crippen LogP contribution in [-0.4, -0.2) is 27.3 Å². The second-order valence-corrected chi connectivity index (χ2v) is 2.72. The van der Waals surface area contributed by atoms with E-state index in [0.29, 0.717) is 5.92 Å². The summed E-state index contributed by atoms with van der Waals surface area (Å²) >= 11 is 0. The number of carbonyl (C=O) groups is 1. The Kier molecular flexibility index (Phi) is 8.72. The molecule has 0 aromatic rings. The van der Waals surface area contributed by atoms with Crippen LogP contribution in [0.15, 0.2) is 5.16 Å². The van der Waals surface area contributed by atoms with Crippen molar-refractivity contribution in [2.75, 3.05) is 0 Å². The molecule has 0 aliphatic carbocycles. The summed E-state index contributed by atoms with van der Waals surface area (Å²) in [5.74, 6) is 0.589. The second-order valence-electron chi connectivity index (χ2n) is 2.72. The number of oxime groups is 1. The highest BCUT2D eigenvalue weighted by atomic mass is 16.6. The first kappa shape index (κ1) is 13.3. The molecule has 0 saturated heterocycles. The van der Waals surface area contributed by atoms with Crippen LogP contribution in [0.5, 0.6) is 0 Å². The molecule has 0 unspecified atom stereocenters. The van der Waals surface area contributed by atoms with Gasteiger partial charge in [-0.1, -0.05) is 19.0 Å². The first-order valence-corrected chi connectivity index (χ1v) is 3.49. The van der Waals surface area contributed by atoms with Crippen LogP contribution in [0.2, 0.25) is 0 Å². The minimum Gasteiger partial charge on any atom is -0.450 e. The fraction of sp³-hybridized carbons (Fsp3) is 0.714. The lowest BCUT2D eigenvalue weighted by atomic mass is 10.1. The van der Waals surface area contributed by atoms with Gasteiger partial charge in [0.05, 0.1) is 5.71 Å². The van der Waals surface area contributed by atoms with Gasteiger partial charge in [-0.15, -0.1) is 0 Å². The summed E-state index contributed by atoms with van der Waals surface area (Å²) in [6, 6.07) is 0. The molecule has 0 aliphatic heterocycles. The summed E-state index contributed by atoms with van der Waals surface area (Å²) < 4.78 is 0. The molecule has 0 spiro atoms. The minimum absolute atomic E-state index is 0.589. The smallest absolute Gasteiger partial charge is 0.450 e. The van der Waals surface area contributed by atoms with Crippen molar-refractivity contribution >= 4 is 11.9 Å². The lowest BCUT2D eigenvalue weighted by molar-refractivity contribution is 0.137. The zero-order chi connectivity index (χ0) is 10.1. The minimum atomic E-state index is -1.83. The molecule has 0 rings (SSSR count). The molecule has 0 fully saturated rings. The van der Waals surface area contributed by atoms with Crippen LogP contribution >= 0.6 is 0 Å². The van der Waals surface area contributed by atoms with Crippen molar-refractivity contribution < 1.29 is 20.2 Å². The maximum Gasteiger partial charge on any atom is 0.503 e. The van der Waals surface area contributed by atoms with E-state index in [2.05, 4.69) is 19.0 Å². The standard InChI is InChI=1S/C6H13NO.CH2O3/c1-5(2)4-6(3)7-8;2-1(3)4/h5,8H,4H2,1-3H3;(H2,2,3,4). The molecule has 0 saturated carbocycles. The largest absolute Gasteiger partial charge is 0.503 e. The molecular formula is C7H15NO4. The summed E-state index contributed by atoms with van der Waals surface area (Å²) in [7, 11) is 0. The fourth-order valence-electron chi connectivity index (χ4n) is 0.632. The zero-order valence-corrected chi connectivity index (χ0v) is 7.48. The van der Waals surface area contributed by atoms with E-state index >= 15 is 0 Å². The SMILES string of the molecule is CC(CC(C)C)=NO.O=C(O)O. The first-order chi connectivity index (χ1) is 5.40. The topological polar surface area (TPSA) is 90.1 Å². The van der Waals surface area contributed by atoms with E-state index < -0.39 is 6.16 Å². The van der Waals surface area contributed by atoms with Crippen molar-refractivity contribution in [3.63, 3.8) is 0 Å². The van der Waals surface area contributed by atoms with Crippen molar-refractivity contribution in [2.24, 2.45) is 11.1 Å². The average Bonchev–Trinajstić information content (AvgIpc) is 1.84. The fourth-order valence-corrected chi connectivity index (χ4v) is 0.632. The summed E-state index contributed by atoms with van der Waals surface area (Å²) in [6.07, 6.45) is -0.948. The highest BCUT2D eigenvalue weighted by Gasteiger charge is 1.95. The van der Waals surface area contributed by atoms with Crippen LogP contribution in [-0.2, 0) is 0 Å². The van der Waals surface area contributed by atoms with Crippen molar-refractivity contribution in [3.05, 3.63) is 0 Å². The van der Waals surface area contributed by atoms with Gasteiger partial charge in [0, 0.05) is 0 Å². The van der Waals surface area contributed by atoms with Crippen LogP contribution in [0.25, 0.3) is 0 Å². The van der Waals surface area contributed by atoms with Gasteiger partial charge in [0.1, 0.15) is 0 Å². The van der Waals surface area contributed by atoms with Crippen LogP contribution in [0.4, 0.5) is 4.79 Å². The van der Waals surface area contributed by atoms with Gasteiger partial charge in [-0.3, -0.25) is 0 Å². The molecule has 0 aliphatic rings. The third-order valence-electron chi connectivity index (χ3n) is 0.874. The Balaban J connectivity index is 0. The third-order valence-corrected chi connectivity index (χ3v) is 0.874. The van der Waals surface area contributed by atoms with E-state index in [1.807, 2.05) is 6.92 Å². The molecule has 0 aromatic carbocycles. The average molecular weight is 177 g/mol. The number of nitrogens with zero attached hydrogens (tertiary/aromatic N) is 1. The highest BCUT2D eigenvalue weighted by Crippen LogP contribution is 1.99. The molecule has 0 atom stereocenters. The monoisotopic (exact) mass is 177 g/mol. The van der Waals surface area contributed by atoms with Gasteiger partial charge in [-0.05, 0) is 19.3 Å². The maximum absolute atomic E-state index is 8.56. The molecule has 0 radical (unpaired) electrons. The quantitative estimate of drug-likeness (QED) is 0.342. The van der Waals surface area contributed by atoms with Gasteiger partial charge in [0.2, 0.25) is 0 Å². The van der Waals surface area contributed by atoms with Gasteiger partial charge in [-0.2, -0.15) is 0 Å². The molecule has 5 heteroatoms. The molecule has 0 aromatic heterocycles. The van der Waals surface area contributed by atoms with E-state index in [9.17, 15) is 0 Å². The molecule has 3 N–H and O–H groups in total. The van der Waals surface area contributed by atoms with Crippen molar-refractivity contribution in [2.45, 2.75) is 27.2 Å². The Morgan fingerprint density at radius 2 is 1.75 bits per heavy atom. The summed E-state index contributed by atoms with van der Waals surface area (Å²) in [5.41, 5.74) is 0.806. The summed E-state index contributed by atoms with van der Waals surface area (Å²) in [5, 5.41) is 25.2. The Bertz CT molecular complexity index is 149. The second kappa shape index (κ2) is 7.84. The zero-order valence-electron chi connectivity index (χ0n) is 7.48. The van der Waals surface area contributed by atoms with E-state index in [0.717, 1.165) is 12.1 Å². The Morgan fingerprint density at radius 3 is 1.83 bits per heavy atom. The number of hydrogen-bond acceptors (Lipinski definition) is 3. The molecule has 0 amide bonds. The predicted molar refractivity (Wildman–Crippen MR) is 45.0 cm³/mol. The number of rotatable bonds is 2. The lowest BCUT2D eigenvalue weighted by Gasteiger charge is -1.99. The van der Waals surface area contributed by atoms with Crippen LogP contribution < -0.4 is 0 Å². The van der Waals surface area contributed by atoms with E-state index in [-0.39, 0.29) is 0 Å². The van der Waals surface area contributed by atoms with Crippen molar-refractivity contribution in [1.29, 1.82) is 0 Å². The van der Waals surface area contributed by atoms with E-state index in [4.69, 9.17) is 20.2 Å². The molecule has 0 heterocycles. The maximum atomic E-state index is 8.56. The Labute approximate surface area is 71.3 Å². The van der Waals surface area contributed by atoms with Gasteiger partial charge >= 0.3 is 6.16 Å². The highest BCUT2D eigenvalue weighted by molar-refractivity contribution is 5.81. The molecule has 0 bridgehead atoms. The lowest BCUT2D eigenvalue weighted by Crippen LogP contribution is -1.96. The summed E-state index contributed by atoms with van der Waals surface area (Å²) in [6.45, 7) is 6.00. The Morgan fingerprint density at radius 1 is 1.42 bits per heavy atom. The predicted octanol–water partition coefficient (Wildman–Crippen LogP) is 2.10. The summed E-state index contributed by atoms with van der Waals surface area (Å²) in [4.78, 5) is 8.56. The van der Waals surface area contributed by atoms with Crippen molar-refractivity contribution in [3.8, 4) is 0 Å². The molecule has 5 nitrogen and oxygen atoms in total. The van der Waals surface area contributed by atoms with E-state index in [1.165, 1.54) is 0 Å². The number of hydrogen-bond donors (Lipinski definition) is 3. The Hall–Kier alpha value is -1.26. The molecule has 12 heavy (non-hydrogen) atoms.